The van der Waals surface area contributed by atoms with Crippen molar-refractivity contribution in [1.82, 2.24) is 14.3 Å². The number of hydrogen-bond acceptors (Lipinski definition) is 7. The van der Waals surface area contributed by atoms with Gasteiger partial charge in [-0.15, -0.1) is 5.10 Å². The molecule has 0 fully saturated rings. The summed E-state index contributed by atoms with van der Waals surface area (Å²) in [6, 6.07) is 16.3. The van der Waals surface area contributed by atoms with Crippen molar-refractivity contribution in [3.8, 4) is 5.75 Å². The molecular formula is C30H37F3N4O5. The van der Waals surface area contributed by atoms with E-state index in [0.29, 0.717) is 30.7 Å². The van der Waals surface area contributed by atoms with Crippen LogP contribution in [0.5, 0.6) is 5.75 Å². The molecule has 1 aromatic heterocycles. The predicted molar refractivity (Wildman–Crippen MR) is 153 cm³/mol. The first-order valence-corrected chi connectivity index (χ1v) is 13.9. The normalized spacial score (nSPS) is 11.8. The van der Waals surface area contributed by atoms with Crippen LogP contribution in [0.1, 0.15) is 57.6 Å². The van der Waals surface area contributed by atoms with Gasteiger partial charge in [0.2, 0.25) is 5.82 Å². The third-order valence-corrected chi connectivity index (χ3v) is 6.36. The number of nitrogens with zero attached hydrogens (tertiary/aromatic N) is 3. The van der Waals surface area contributed by atoms with Crippen molar-refractivity contribution in [3.63, 3.8) is 0 Å². The molecule has 2 aromatic carbocycles. The number of halogens is 3. The van der Waals surface area contributed by atoms with Crippen molar-refractivity contribution >= 4 is 11.8 Å². The number of ether oxygens (including phenoxy) is 2. The first kappa shape index (κ1) is 32.4. The van der Waals surface area contributed by atoms with Crippen LogP contribution < -0.4 is 21.3 Å². The minimum absolute atomic E-state index is 0.0274. The lowest BCUT2D eigenvalue weighted by atomic mass is 10.1. The highest BCUT2D eigenvalue weighted by Crippen LogP contribution is 2.22. The van der Waals surface area contributed by atoms with Gasteiger partial charge in [-0.1, -0.05) is 42.5 Å². The van der Waals surface area contributed by atoms with Gasteiger partial charge in [-0.25, -0.2) is 14.3 Å². The smallest absolute Gasteiger partial charge is 0.389 e. The lowest BCUT2D eigenvalue weighted by Gasteiger charge is -2.24. The van der Waals surface area contributed by atoms with Crippen LogP contribution in [0.3, 0.4) is 0 Å². The fourth-order valence-electron chi connectivity index (χ4n) is 4.22. The summed E-state index contributed by atoms with van der Waals surface area (Å²) in [6.45, 7) is 5.34. The molecule has 1 N–H and O–H groups in total. The molecule has 0 aliphatic rings. The third kappa shape index (κ3) is 9.78. The number of benzene rings is 2. The van der Waals surface area contributed by atoms with Crippen LogP contribution in [0.15, 0.2) is 64.2 Å². The van der Waals surface area contributed by atoms with Gasteiger partial charge in [-0.05, 0) is 69.7 Å². The van der Waals surface area contributed by atoms with E-state index in [1.54, 1.807) is 57.2 Å². The maximum absolute atomic E-state index is 13.1. The summed E-state index contributed by atoms with van der Waals surface area (Å²) < 4.78 is 50.9. The Morgan fingerprint density at radius 3 is 2.38 bits per heavy atom. The van der Waals surface area contributed by atoms with E-state index < -0.39 is 35.4 Å². The Labute approximate surface area is 242 Å². The number of hydrogen-bond donors (Lipinski definition) is 1. The van der Waals surface area contributed by atoms with Gasteiger partial charge < -0.3 is 14.8 Å². The van der Waals surface area contributed by atoms with Gasteiger partial charge in [0, 0.05) is 19.5 Å². The largest absolute Gasteiger partial charge is 0.476 e. The van der Waals surface area contributed by atoms with Crippen molar-refractivity contribution in [2.75, 3.05) is 18.5 Å². The second-order valence-corrected chi connectivity index (χ2v) is 10.3. The van der Waals surface area contributed by atoms with Crippen LogP contribution in [0.4, 0.5) is 19.0 Å². The van der Waals surface area contributed by atoms with E-state index in [2.05, 4.69) is 10.4 Å². The van der Waals surface area contributed by atoms with E-state index in [9.17, 15) is 27.6 Å². The molecular weight excluding hydrogens is 553 g/mol. The van der Waals surface area contributed by atoms with Crippen molar-refractivity contribution in [1.29, 1.82) is 0 Å². The fraction of sp³-hybridized carbons (Fsp3) is 0.467. The zero-order valence-corrected chi connectivity index (χ0v) is 24.1. The van der Waals surface area contributed by atoms with Gasteiger partial charge >= 0.3 is 17.8 Å². The zero-order valence-electron chi connectivity index (χ0n) is 24.1. The average Bonchev–Trinajstić information content (AvgIpc) is 2.93. The Bertz CT molecular complexity index is 1440. The van der Waals surface area contributed by atoms with Gasteiger partial charge in [0.1, 0.15) is 5.75 Å². The summed E-state index contributed by atoms with van der Waals surface area (Å²) in [5, 5.41) is 7.02. The summed E-state index contributed by atoms with van der Waals surface area (Å²) >= 11 is 0. The fourth-order valence-corrected chi connectivity index (χ4v) is 4.22. The number of nitrogens with one attached hydrogen (secondary N) is 1. The van der Waals surface area contributed by atoms with Gasteiger partial charge in [0.15, 0.2) is 5.60 Å². The zero-order chi connectivity index (χ0) is 30.8. The Morgan fingerprint density at radius 2 is 1.69 bits per heavy atom. The van der Waals surface area contributed by atoms with Crippen LogP contribution >= 0.6 is 0 Å². The van der Waals surface area contributed by atoms with E-state index >= 15 is 0 Å². The lowest BCUT2D eigenvalue weighted by molar-refractivity contribution is -0.158. The van der Waals surface area contributed by atoms with Crippen molar-refractivity contribution in [2.24, 2.45) is 0 Å². The first-order valence-electron chi connectivity index (χ1n) is 13.9. The van der Waals surface area contributed by atoms with E-state index in [1.807, 2.05) is 18.2 Å². The molecule has 0 unspecified atom stereocenters. The summed E-state index contributed by atoms with van der Waals surface area (Å²) in [4.78, 5) is 38.2. The molecule has 0 atom stereocenters. The number of rotatable bonds is 15. The highest BCUT2D eigenvalue weighted by atomic mass is 19.4. The van der Waals surface area contributed by atoms with Gasteiger partial charge in [0.25, 0.3) is 5.56 Å². The number of aromatic nitrogens is 3. The molecule has 3 aromatic rings. The van der Waals surface area contributed by atoms with Gasteiger partial charge in [-0.2, -0.15) is 13.2 Å². The summed E-state index contributed by atoms with van der Waals surface area (Å²) in [5.74, 6) is -0.00152. The lowest BCUT2D eigenvalue weighted by Crippen LogP contribution is -2.43. The Balaban J connectivity index is 1.64. The minimum Gasteiger partial charge on any atom is -0.476 e. The average molecular weight is 591 g/mol. The van der Waals surface area contributed by atoms with E-state index in [1.165, 1.54) is 0 Å². The molecule has 12 heteroatoms. The second-order valence-electron chi connectivity index (χ2n) is 10.3. The molecule has 0 bridgehead atoms. The van der Waals surface area contributed by atoms with Crippen LogP contribution in [0.25, 0.3) is 0 Å². The Kier molecular flexibility index (Phi) is 11.3. The SMILES string of the molecule is CCOC(=O)C(C)(C)Oc1cccc(CCCCNc2nn(CCCC(F)(F)F)c(=O)n(Cc3ccccc3)c2=O)c1. The number of aryl methyl sites for hydroxylation is 2. The summed E-state index contributed by atoms with van der Waals surface area (Å²) in [5.41, 5.74) is -0.835. The quantitative estimate of drug-likeness (QED) is 0.197. The molecule has 0 saturated heterocycles. The topological polar surface area (TPSA) is 104 Å². The third-order valence-electron chi connectivity index (χ3n) is 6.36. The first-order chi connectivity index (χ1) is 19.9. The number of anilines is 1. The van der Waals surface area contributed by atoms with Gasteiger partial charge in [0.05, 0.1) is 13.2 Å². The number of unbranched alkanes of at least 4 members (excludes halogenated alkanes) is 1. The summed E-state index contributed by atoms with van der Waals surface area (Å²) in [7, 11) is 0. The van der Waals surface area contributed by atoms with Crippen molar-refractivity contribution in [3.05, 3.63) is 86.6 Å². The van der Waals surface area contributed by atoms with Crippen LogP contribution in [0, 0.1) is 0 Å². The molecule has 0 radical (unpaired) electrons. The van der Waals surface area contributed by atoms with Crippen LogP contribution in [-0.2, 0) is 29.0 Å². The van der Waals surface area contributed by atoms with Crippen LogP contribution in [-0.4, -0.2) is 45.2 Å². The molecule has 0 spiro atoms. The molecule has 0 aliphatic carbocycles. The maximum Gasteiger partial charge on any atom is 0.389 e. The maximum atomic E-state index is 13.1. The number of alkyl halides is 3. The number of carbonyl (C=O) groups is 1. The second kappa shape index (κ2) is 14.7. The number of esters is 1. The van der Waals surface area contributed by atoms with Crippen molar-refractivity contribution in [2.45, 2.75) is 77.7 Å². The molecule has 3 rings (SSSR count). The van der Waals surface area contributed by atoms with E-state index in [-0.39, 0.29) is 31.9 Å². The van der Waals surface area contributed by atoms with Crippen LogP contribution in [0.2, 0.25) is 0 Å². The monoisotopic (exact) mass is 590 g/mol. The summed E-state index contributed by atoms with van der Waals surface area (Å²) in [6.07, 6.45) is -3.67. The Morgan fingerprint density at radius 1 is 0.976 bits per heavy atom. The van der Waals surface area contributed by atoms with E-state index in [0.717, 1.165) is 21.2 Å². The Hall–Kier alpha value is -4.09. The minimum atomic E-state index is -4.36. The van der Waals surface area contributed by atoms with Gasteiger partial charge in [-0.3, -0.25) is 9.36 Å². The molecule has 0 aliphatic heterocycles. The predicted octanol–water partition coefficient (Wildman–Crippen LogP) is 4.95. The molecule has 42 heavy (non-hydrogen) atoms. The van der Waals surface area contributed by atoms with E-state index in [4.69, 9.17) is 9.47 Å². The molecule has 228 valence electrons. The standard InChI is InChI=1S/C30H37F3N4O5/c1-4-41-27(39)29(2,3)42-24-16-10-15-22(20-24)12-8-9-18-34-25-26(38)36(21-23-13-6-5-7-14-23)28(40)37(35-25)19-11-17-30(31,32)33/h5-7,10,13-16,20H,4,8-9,11-12,17-19,21H2,1-3H3,(H,34,35). The molecule has 0 saturated carbocycles. The molecule has 0 amide bonds. The highest BCUT2D eigenvalue weighted by Gasteiger charge is 2.31. The molecule has 9 nitrogen and oxygen atoms in total. The highest BCUT2D eigenvalue weighted by molar-refractivity contribution is 5.79. The van der Waals surface area contributed by atoms with Crippen molar-refractivity contribution < 1.29 is 27.4 Å². The molecule has 1 heterocycles. The number of carbonyl (C=O) groups excluding carboxylic acids is 1.